The number of nitrogen functional groups attached to an aromatic ring is 1. The minimum absolute atomic E-state index is 0.122. The van der Waals surface area contributed by atoms with Gasteiger partial charge >= 0.3 is 0 Å². The summed E-state index contributed by atoms with van der Waals surface area (Å²) in [6.07, 6.45) is 0. The maximum Gasteiger partial charge on any atom is 0.238 e. The number of halogens is 2. The first-order valence-corrected chi connectivity index (χ1v) is 7.16. The molecule has 1 aliphatic rings. The smallest absolute Gasteiger partial charge is 0.238 e. The Morgan fingerprint density at radius 2 is 1.80 bits per heavy atom. The van der Waals surface area contributed by atoms with E-state index in [2.05, 4.69) is 22.2 Å². The van der Waals surface area contributed by atoms with Gasteiger partial charge in [0.1, 0.15) is 0 Å². The lowest BCUT2D eigenvalue weighted by atomic mass is 10.2. The largest absolute Gasteiger partial charge is 0.399 e. The Morgan fingerprint density at radius 3 is 2.35 bits per heavy atom. The fourth-order valence-corrected chi connectivity index (χ4v) is 2.70. The van der Waals surface area contributed by atoms with E-state index in [1.807, 2.05) is 0 Å². The van der Waals surface area contributed by atoms with Gasteiger partial charge in [0.25, 0.3) is 0 Å². The highest BCUT2D eigenvalue weighted by Gasteiger charge is 2.18. The maximum atomic E-state index is 12.0. The van der Waals surface area contributed by atoms with E-state index in [1.165, 1.54) is 0 Å². The van der Waals surface area contributed by atoms with Crippen LogP contribution in [-0.2, 0) is 4.79 Å². The normalized spacial score (nSPS) is 17.1. The van der Waals surface area contributed by atoms with Gasteiger partial charge in [-0.1, -0.05) is 23.2 Å². The zero-order valence-electron chi connectivity index (χ0n) is 11.3. The molecule has 0 aliphatic carbocycles. The van der Waals surface area contributed by atoms with E-state index in [1.54, 1.807) is 12.1 Å². The zero-order valence-corrected chi connectivity index (χ0v) is 12.8. The summed E-state index contributed by atoms with van der Waals surface area (Å²) in [5.41, 5.74) is 6.51. The van der Waals surface area contributed by atoms with Crippen molar-refractivity contribution >= 4 is 40.5 Å². The molecule has 1 aromatic rings. The van der Waals surface area contributed by atoms with Crippen molar-refractivity contribution in [1.29, 1.82) is 0 Å². The number of likely N-dealkylation sites (N-methyl/N-ethyl adjacent to an activating group) is 1. The summed E-state index contributed by atoms with van der Waals surface area (Å²) in [5.74, 6) is -0.122. The predicted octanol–water partition coefficient (Wildman–Crippen LogP) is 1.76. The van der Waals surface area contributed by atoms with Crippen molar-refractivity contribution < 1.29 is 4.79 Å². The molecule has 7 heteroatoms. The van der Waals surface area contributed by atoms with Gasteiger partial charge in [0.2, 0.25) is 5.91 Å². The second kappa shape index (κ2) is 6.63. The second-order valence-corrected chi connectivity index (χ2v) is 5.80. The minimum Gasteiger partial charge on any atom is -0.399 e. The predicted molar refractivity (Wildman–Crippen MR) is 83.4 cm³/mol. The van der Waals surface area contributed by atoms with Gasteiger partial charge in [0, 0.05) is 31.9 Å². The molecule has 1 aromatic carbocycles. The number of rotatable bonds is 3. The Morgan fingerprint density at radius 1 is 1.25 bits per heavy atom. The maximum absolute atomic E-state index is 12.0. The third kappa shape index (κ3) is 3.99. The Kier molecular flexibility index (Phi) is 5.10. The number of carbonyl (C=O) groups excluding carboxylic acids is 1. The number of amides is 1. The van der Waals surface area contributed by atoms with Crippen LogP contribution in [-0.4, -0.2) is 55.5 Å². The summed E-state index contributed by atoms with van der Waals surface area (Å²) >= 11 is 12.1. The molecule has 0 radical (unpaired) electrons. The van der Waals surface area contributed by atoms with E-state index < -0.39 is 0 Å². The Bertz CT molecular complexity index is 478. The number of piperazine rings is 1. The fourth-order valence-electron chi connectivity index (χ4n) is 2.10. The fraction of sp³-hybridized carbons (Fsp3) is 0.462. The number of benzene rings is 1. The lowest BCUT2D eigenvalue weighted by Crippen LogP contribution is -2.47. The lowest BCUT2D eigenvalue weighted by molar-refractivity contribution is -0.117. The molecule has 1 saturated heterocycles. The third-order valence-corrected chi connectivity index (χ3v) is 3.89. The van der Waals surface area contributed by atoms with E-state index in [0.29, 0.717) is 28.0 Å². The minimum atomic E-state index is -0.122. The molecule has 0 atom stereocenters. The van der Waals surface area contributed by atoms with Crippen LogP contribution in [0.4, 0.5) is 11.4 Å². The van der Waals surface area contributed by atoms with Crippen molar-refractivity contribution in [3.63, 3.8) is 0 Å². The van der Waals surface area contributed by atoms with Gasteiger partial charge in [-0.15, -0.1) is 0 Å². The number of carbonyl (C=O) groups is 1. The molecule has 0 bridgehead atoms. The van der Waals surface area contributed by atoms with E-state index in [-0.39, 0.29) is 5.91 Å². The summed E-state index contributed by atoms with van der Waals surface area (Å²) in [6, 6.07) is 3.14. The lowest BCUT2D eigenvalue weighted by Gasteiger charge is -2.31. The van der Waals surface area contributed by atoms with Crippen molar-refractivity contribution in [2.24, 2.45) is 0 Å². The number of anilines is 2. The highest BCUT2D eigenvalue weighted by Crippen LogP contribution is 2.32. The van der Waals surface area contributed by atoms with Crippen LogP contribution in [0.3, 0.4) is 0 Å². The van der Waals surface area contributed by atoms with Gasteiger partial charge in [0.15, 0.2) is 0 Å². The Balaban J connectivity index is 1.95. The van der Waals surface area contributed by atoms with Gasteiger partial charge in [-0.25, -0.2) is 0 Å². The first-order valence-electron chi connectivity index (χ1n) is 6.41. The SMILES string of the molecule is CN1CCN(CC(=O)Nc2c(Cl)cc(N)cc2Cl)CC1. The number of nitrogens with one attached hydrogen (secondary N) is 1. The summed E-state index contributed by atoms with van der Waals surface area (Å²) < 4.78 is 0. The van der Waals surface area contributed by atoms with E-state index in [4.69, 9.17) is 28.9 Å². The molecule has 0 spiro atoms. The van der Waals surface area contributed by atoms with E-state index >= 15 is 0 Å². The molecule has 20 heavy (non-hydrogen) atoms. The number of nitrogens with zero attached hydrogens (tertiary/aromatic N) is 2. The molecule has 1 heterocycles. The average molecular weight is 317 g/mol. The number of hydrogen-bond acceptors (Lipinski definition) is 4. The monoisotopic (exact) mass is 316 g/mol. The summed E-state index contributed by atoms with van der Waals surface area (Å²) in [4.78, 5) is 16.4. The molecule has 0 unspecified atom stereocenters. The van der Waals surface area contributed by atoms with Crippen LogP contribution in [0.15, 0.2) is 12.1 Å². The molecule has 110 valence electrons. The highest BCUT2D eigenvalue weighted by molar-refractivity contribution is 6.40. The van der Waals surface area contributed by atoms with Gasteiger partial charge in [-0.3, -0.25) is 9.69 Å². The quantitative estimate of drug-likeness (QED) is 0.834. The molecule has 0 saturated carbocycles. The molecule has 3 N–H and O–H groups in total. The zero-order chi connectivity index (χ0) is 14.7. The molecular formula is C13H18Cl2N4O. The van der Waals surface area contributed by atoms with E-state index in [9.17, 15) is 4.79 Å². The van der Waals surface area contributed by atoms with E-state index in [0.717, 1.165) is 26.2 Å². The van der Waals surface area contributed by atoms with Crippen LogP contribution < -0.4 is 11.1 Å². The van der Waals surface area contributed by atoms with Gasteiger partial charge in [-0.2, -0.15) is 0 Å². The van der Waals surface area contributed by atoms with Crippen LogP contribution >= 0.6 is 23.2 Å². The van der Waals surface area contributed by atoms with Crippen LogP contribution in [0.1, 0.15) is 0 Å². The Labute approximate surface area is 128 Å². The van der Waals surface area contributed by atoms with Gasteiger partial charge < -0.3 is 16.0 Å². The summed E-state index contributed by atoms with van der Waals surface area (Å²) in [7, 11) is 2.07. The standard InChI is InChI=1S/C13H18Cl2N4O/c1-18-2-4-19(5-3-18)8-12(20)17-13-10(14)6-9(16)7-11(13)15/h6-7H,2-5,8,16H2,1H3,(H,17,20). The van der Waals surface area contributed by atoms with Crippen LogP contribution in [0.2, 0.25) is 10.0 Å². The molecular weight excluding hydrogens is 299 g/mol. The summed E-state index contributed by atoms with van der Waals surface area (Å²) in [5, 5.41) is 3.45. The first-order chi connectivity index (χ1) is 9.45. The molecule has 1 amide bonds. The molecule has 2 rings (SSSR count). The van der Waals surface area contributed by atoms with Crippen molar-refractivity contribution in [2.75, 3.05) is 50.8 Å². The van der Waals surface area contributed by atoms with Crippen LogP contribution in [0.25, 0.3) is 0 Å². The molecule has 1 aliphatic heterocycles. The number of nitrogens with two attached hydrogens (primary N) is 1. The van der Waals surface area contributed by atoms with Crippen LogP contribution in [0.5, 0.6) is 0 Å². The van der Waals surface area contributed by atoms with Crippen molar-refractivity contribution in [1.82, 2.24) is 9.80 Å². The highest BCUT2D eigenvalue weighted by atomic mass is 35.5. The van der Waals surface area contributed by atoms with Crippen molar-refractivity contribution in [2.45, 2.75) is 0 Å². The molecule has 1 fully saturated rings. The second-order valence-electron chi connectivity index (χ2n) is 4.99. The average Bonchev–Trinajstić information content (AvgIpc) is 2.36. The first kappa shape index (κ1) is 15.4. The summed E-state index contributed by atoms with van der Waals surface area (Å²) in [6.45, 7) is 4.04. The van der Waals surface area contributed by atoms with Crippen LogP contribution in [0, 0.1) is 0 Å². The number of hydrogen-bond donors (Lipinski definition) is 2. The topological polar surface area (TPSA) is 61.6 Å². The van der Waals surface area contributed by atoms with Crippen molar-refractivity contribution in [3.05, 3.63) is 22.2 Å². The van der Waals surface area contributed by atoms with Crippen molar-refractivity contribution in [3.8, 4) is 0 Å². The molecule has 5 nitrogen and oxygen atoms in total. The van der Waals surface area contributed by atoms with Gasteiger partial charge in [-0.05, 0) is 19.2 Å². The third-order valence-electron chi connectivity index (χ3n) is 3.29. The Hall–Kier alpha value is -1.01. The van der Waals surface area contributed by atoms with Gasteiger partial charge in [0.05, 0.1) is 22.3 Å². The molecule has 0 aromatic heterocycles.